The van der Waals surface area contributed by atoms with Crippen molar-refractivity contribution in [1.82, 2.24) is 0 Å². The van der Waals surface area contributed by atoms with Gasteiger partial charge in [0.1, 0.15) is 0 Å². The van der Waals surface area contributed by atoms with Gasteiger partial charge in [-0.15, -0.1) is 0 Å². The third kappa shape index (κ3) is 4.65. The van der Waals surface area contributed by atoms with Crippen LogP contribution in [0.4, 0.5) is 0 Å². The summed E-state index contributed by atoms with van der Waals surface area (Å²) in [5.41, 5.74) is 1.29. The fourth-order valence-corrected chi connectivity index (χ4v) is 1.97. The van der Waals surface area contributed by atoms with Crippen LogP contribution in [0.15, 0.2) is 24.3 Å². The molecule has 0 fully saturated rings. The molecule has 1 aromatic rings. The molecule has 0 spiro atoms. The van der Waals surface area contributed by atoms with Gasteiger partial charge in [0.2, 0.25) is 0 Å². The maximum absolute atomic E-state index is 9.08. The predicted molar refractivity (Wildman–Crippen MR) is 59.4 cm³/mol. The minimum atomic E-state index is -0.580. The van der Waals surface area contributed by atoms with Crippen molar-refractivity contribution >= 4 is 11.8 Å². The van der Waals surface area contributed by atoms with Gasteiger partial charge in [-0.05, 0) is 23.8 Å². The highest BCUT2D eigenvalue weighted by Crippen LogP contribution is 2.07. The van der Waals surface area contributed by atoms with Crippen molar-refractivity contribution in [3.05, 3.63) is 35.9 Å². The Morgan fingerprint density at radius 3 is 2.71 bits per heavy atom. The number of hydrogen-bond acceptors (Lipinski definition) is 3. The Morgan fingerprint density at radius 1 is 1.36 bits per heavy atom. The summed E-state index contributed by atoms with van der Waals surface area (Å²) >= 11 is 1.66. The third-order valence-corrected chi connectivity index (χ3v) is 2.96. The largest absolute Gasteiger partial charge is 0.394 e. The minimum absolute atomic E-state index is 0.146. The standard InChI is InChI=1S/C11H15O2S/c12-8-11(13)9-14-7-6-10-4-2-1-3-5-10/h2-5,11-13H,6-9H2. The second-order valence-electron chi connectivity index (χ2n) is 3.07. The van der Waals surface area contributed by atoms with Gasteiger partial charge in [-0.25, -0.2) is 0 Å². The van der Waals surface area contributed by atoms with Gasteiger partial charge in [-0.1, -0.05) is 24.3 Å². The van der Waals surface area contributed by atoms with Crippen molar-refractivity contribution in [3.8, 4) is 0 Å². The fourth-order valence-electron chi connectivity index (χ4n) is 1.05. The predicted octanol–water partition coefficient (Wildman–Crippen LogP) is 1.12. The summed E-state index contributed by atoms with van der Waals surface area (Å²) in [6.45, 7) is -0.146. The topological polar surface area (TPSA) is 40.5 Å². The molecule has 1 aromatic carbocycles. The molecular weight excluding hydrogens is 196 g/mol. The van der Waals surface area contributed by atoms with Crippen LogP contribution in [0.1, 0.15) is 5.56 Å². The van der Waals surface area contributed by atoms with Crippen molar-refractivity contribution in [2.75, 3.05) is 18.1 Å². The molecule has 2 N–H and O–H groups in total. The fraction of sp³-hybridized carbons (Fsp3) is 0.455. The number of aliphatic hydroxyl groups is 2. The highest BCUT2D eigenvalue weighted by atomic mass is 32.2. The van der Waals surface area contributed by atoms with Gasteiger partial charge in [-0.2, -0.15) is 11.8 Å². The molecule has 0 saturated carbocycles. The lowest BCUT2D eigenvalue weighted by Gasteiger charge is -2.06. The van der Waals surface area contributed by atoms with Crippen molar-refractivity contribution in [1.29, 1.82) is 0 Å². The molecule has 1 radical (unpaired) electrons. The number of thioether (sulfide) groups is 1. The lowest BCUT2D eigenvalue weighted by molar-refractivity contribution is 0.113. The highest BCUT2D eigenvalue weighted by Gasteiger charge is 2.01. The van der Waals surface area contributed by atoms with Gasteiger partial charge >= 0.3 is 0 Å². The second kappa shape index (κ2) is 6.87. The average molecular weight is 211 g/mol. The van der Waals surface area contributed by atoms with Gasteiger partial charge in [0.25, 0.3) is 0 Å². The zero-order chi connectivity index (χ0) is 10.2. The van der Waals surface area contributed by atoms with Gasteiger partial charge in [0.05, 0.1) is 12.7 Å². The Labute approximate surface area is 89.0 Å². The molecule has 0 aliphatic rings. The summed E-state index contributed by atoms with van der Waals surface area (Å²) in [4.78, 5) is 0. The van der Waals surface area contributed by atoms with Crippen molar-refractivity contribution < 1.29 is 10.2 Å². The molecule has 14 heavy (non-hydrogen) atoms. The Morgan fingerprint density at radius 2 is 2.07 bits per heavy atom. The molecule has 0 aromatic heterocycles. The van der Waals surface area contributed by atoms with Crippen LogP contribution in [-0.4, -0.2) is 34.4 Å². The first-order valence-electron chi connectivity index (χ1n) is 4.64. The van der Waals surface area contributed by atoms with Crippen molar-refractivity contribution in [3.63, 3.8) is 0 Å². The van der Waals surface area contributed by atoms with E-state index in [2.05, 4.69) is 6.07 Å². The number of aryl methyl sites for hydroxylation is 1. The summed E-state index contributed by atoms with van der Waals surface area (Å²) < 4.78 is 0. The Kier molecular flexibility index (Phi) is 5.68. The SMILES string of the molecule is OCC(O)CSCCc1cc[c]cc1. The molecule has 1 unspecified atom stereocenters. The van der Waals surface area contributed by atoms with Crippen LogP contribution in [0.2, 0.25) is 0 Å². The molecule has 1 rings (SSSR count). The van der Waals surface area contributed by atoms with Crippen LogP contribution < -0.4 is 0 Å². The lowest BCUT2D eigenvalue weighted by atomic mass is 10.2. The van der Waals surface area contributed by atoms with Gasteiger partial charge < -0.3 is 10.2 Å². The summed E-state index contributed by atoms with van der Waals surface area (Å²) in [7, 11) is 0. The van der Waals surface area contributed by atoms with Crippen molar-refractivity contribution in [2.45, 2.75) is 12.5 Å². The van der Waals surface area contributed by atoms with E-state index in [4.69, 9.17) is 10.2 Å². The van der Waals surface area contributed by atoms with E-state index in [1.807, 2.05) is 24.3 Å². The summed E-state index contributed by atoms with van der Waals surface area (Å²) in [6, 6.07) is 10.9. The molecule has 1 atom stereocenters. The van der Waals surface area contributed by atoms with E-state index < -0.39 is 6.10 Å². The molecular formula is C11H15O2S. The van der Waals surface area contributed by atoms with E-state index in [1.165, 1.54) is 5.56 Å². The first-order valence-corrected chi connectivity index (χ1v) is 5.80. The van der Waals surface area contributed by atoms with Crippen LogP contribution in [0.25, 0.3) is 0 Å². The first kappa shape index (κ1) is 11.6. The molecule has 0 aliphatic carbocycles. The Balaban J connectivity index is 2.10. The van der Waals surface area contributed by atoms with E-state index in [9.17, 15) is 0 Å². The number of hydrogen-bond donors (Lipinski definition) is 2. The van der Waals surface area contributed by atoms with Crippen LogP contribution >= 0.6 is 11.8 Å². The normalized spacial score (nSPS) is 12.7. The monoisotopic (exact) mass is 211 g/mol. The Hall–Kier alpha value is -0.510. The third-order valence-electron chi connectivity index (χ3n) is 1.84. The van der Waals surface area contributed by atoms with Gasteiger partial charge in [-0.3, -0.25) is 0 Å². The van der Waals surface area contributed by atoms with E-state index in [0.29, 0.717) is 5.75 Å². The first-order chi connectivity index (χ1) is 6.83. The summed E-state index contributed by atoms with van der Waals surface area (Å²) in [6.07, 6.45) is 0.418. The van der Waals surface area contributed by atoms with Crippen LogP contribution in [0.3, 0.4) is 0 Å². The molecule has 2 nitrogen and oxygen atoms in total. The zero-order valence-electron chi connectivity index (χ0n) is 8.02. The molecule has 0 saturated heterocycles. The van der Waals surface area contributed by atoms with Gasteiger partial charge in [0.15, 0.2) is 0 Å². The smallest absolute Gasteiger partial charge is 0.0861 e. The van der Waals surface area contributed by atoms with Crippen LogP contribution in [0, 0.1) is 6.07 Å². The number of rotatable bonds is 6. The van der Waals surface area contributed by atoms with E-state index >= 15 is 0 Å². The maximum Gasteiger partial charge on any atom is 0.0861 e. The number of aliphatic hydroxyl groups excluding tert-OH is 2. The number of benzene rings is 1. The summed E-state index contributed by atoms with van der Waals surface area (Å²) in [5, 5.41) is 17.7. The average Bonchev–Trinajstić information content (AvgIpc) is 2.25. The molecule has 0 bridgehead atoms. The summed E-state index contributed by atoms with van der Waals surface area (Å²) in [5.74, 6) is 1.58. The van der Waals surface area contributed by atoms with E-state index in [0.717, 1.165) is 12.2 Å². The van der Waals surface area contributed by atoms with Crippen molar-refractivity contribution in [2.24, 2.45) is 0 Å². The maximum atomic E-state index is 9.08. The zero-order valence-corrected chi connectivity index (χ0v) is 8.83. The lowest BCUT2D eigenvalue weighted by Crippen LogP contribution is -2.15. The molecule has 0 aliphatic heterocycles. The molecule has 3 heteroatoms. The van der Waals surface area contributed by atoms with Gasteiger partial charge in [0, 0.05) is 5.75 Å². The molecule has 77 valence electrons. The molecule has 0 heterocycles. The Bertz CT molecular complexity index is 238. The quantitative estimate of drug-likeness (QED) is 0.693. The van der Waals surface area contributed by atoms with Crippen LogP contribution in [0.5, 0.6) is 0 Å². The van der Waals surface area contributed by atoms with E-state index in [-0.39, 0.29) is 6.61 Å². The van der Waals surface area contributed by atoms with Crippen LogP contribution in [-0.2, 0) is 6.42 Å². The molecule has 0 amide bonds. The van der Waals surface area contributed by atoms with E-state index in [1.54, 1.807) is 11.8 Å². The second-order valence-corrected chi connectivity index (χ2v) is 4.22. The highest BCUT2D eigenvalue weighted by molar-refractivity contribution is 7.99. The minimum Gasteiger partial charge on any atom is -0.394 e.